The number of esters is 2. The molecule has 0 saturated heterocycles. The molecule has 5 heteroatoms. The zero-order chi connectivity index (χ0) is 10.0. The van der Waals surface area contributed by atoms with Crippen molar-refractivity contribution in [1.82, 2.24) is 0 Å². The zero-order valence-corrected chi connectivity index (χ0v) is 7.01. The minimum atomic E-state index is -1.74. The summed E-state index contributed by atoms with van der Waals surface area (Å²) in [5.74, 6) is -3.14. The molecule has 2 rings (SSSR count). The van der Waals surface area contributed by atoms with Crippen LogP contribution in [0.3, 0.4) is 0 Å². The van der Waals surface area contributed by atoms with Crippen molar-refractivity contribution in [2.75, 3.05) is 0 Å². The lowest BCUT2D eigenvalue weighted by Crippen LogP contribution is -2.38. The smallest absolute Gasteiger partial charge is 0.425 e. The molecular formula is C9H6O5. The SMILES string of the molecule is O=C1C=CC(=O)OC2(C=CC=CO2)O1. The van der Waals surface area contributed by atoms with E-state index in [0.29, 0.717) is 0 Å². The fourth-order valence-corrected chi connectivity index (χ4v) is 1.01. The number of hydrogen-bond donors (Lipinski definition) is 0. The number of carbonyl (C=O) groups is 2. The third-order valence-corrected chi connectivity index (χ3v) is 1.56. The lowest BCUT2D eigenvalue weighted by molar-refractivity contribution is -0.292. The number of rotatable bonds is 0. The van der Waals surface area contributed by atoms with Crippen LogP contribution in [-0.4, -0.2) is 17.9 Å². The summed E-state index contributed by atoms with van der Waals surface area (Å²) in [6.45, 7) is 0. The van der Waals surface area contributed by atoms with Gasteiger partial charge in [0.1, 0.15) is 0 Å². The first-order chi connectivity index (χ1) is 6.70. The summed E-state index contributed by atoms with van der Waals surface area (Å²) < 4.78 is 14.5. The van der Waals surface area contributed by atoms with Crippen molar-refractivity contribution in [2.24, 2.45) is 0 Å². The molecule has 0 bridgehead atoms. The number of hydrogen-bond acceptors (Lipinski definition) is 5. The van der Waals surface area contributed by atoms with Crippen molar-refractivity contribution < 1.29 is 23.8 Å². The highest BCUT2D eigenvalue weighted by Crippen LogP contribution is 2.23. The van der Waals surface area contributed by atoms with Gasteiger partial charge >= 0.3 is 17.9 Å². The highest BCUT2D eigenvalue weighted by Gasteiger charge is 2.39. The van der Waals surface area contributed by atoms with Gasteiger partial charge in [-0.1, -0.05) is 6.08 Å². The quantitative estimate of drug-likeness (QED) is 0.522. The van der Waals surface area contributed by atoms with Crippen molar-refractivity contribution in [3.8, 4) is 0 Å². The van der Waals surface area contributed by atoms with Gasteiger partial charge in [0, 0.05) is 18.2 Å². The monoisotopic (exact) mass is 194 g/mol. The summed E-state index contributed by atoms with van der Waals surface area (Å²) in [6.07, 6.45) is 7.68. The average Bonchev–Trinajstić information content (AvgIpc) is 2.27. The van der Waals surface area contributed by atoms with Crippen molar-refractivity contribution in [2.45, 2.75) is 5.97 Å². The molecule has 0 aromatic rings. The standard InChI is InChI=1S/C9H6O5/c10-7-3-4-8(11)14-9(13-7)5-1-2-6-12-9/h1-6H. The van der Waals surface area contributed by atoms with Crippen molar-refractivity contribution >= 4 is 11.9 Å². The predicted molar refractivity (Wildman–Crippen MR) is 43.4 cm³/mol. The van der Waals surface area contributed by atoms with E-state index in [9.17, 15) is 9.59 Å². The Morgan fingerprint density at radius 3 is 2.14 bits per heavy atom. The van der Waals surface area contributed by atoms with Crippen LogP contribution in [0.25, 0.3) is 0 Å². The molecule has 0 atom stereocenters. The summed E-state index contributed by atoms with van der Waals surface area (Å²) in [6, 6.07) is 0. The minimum absolute atomic E-state index is 0.698. The third-order valence-electron chi connectivity index (χ3n) is 1.56. The van der Waals surface area contributed by atoms with E-state index in [-0.39, 0.29) is 0 Å². The van der Waals surface area contributed by atoms with E-state index in [1.165, 1.54) is 12.3 Å². The Labute approximate surface area is 79.2 Å². The summed E-state index contributed by atoms with van der Waals surface area (Å²) in [5, 5.41) is 0. The Balaban J connectivity index is 2.28. The lowest BCUT2D eigenvalue weighted by atomic mass is 10.4. The summed E-state index contributed by atoms with van der Waals surface area (Å²) in [4.78, 5) is 22.0. The molecule has 5 nitrogen and oxygen atoms in total. The molecule has 2 heterocycles. The van der Waals surface area contributed by atoms with Gasteiger partial charge in [0.05, 0.1) is 6.26 Å². The molecule has 0 radical (unpaired) electrons. The van der Waals surface area contributed by atoms with E-state index in [1.807, 2.05) is 0 Å². The van der Waals surface area contributed by atoms with Gasteiger partial charge in [-0.3, -0.25) is 0 Å². The first-order valence-corrected chi connectivity index (χ1v) is 3.86. The molecule has 0 aromatic heterocycles. The lowest BCUT2D eigenvalue weighted by Gasteiger charge is -2.27. The van der Waals surface area contributed by atoms with E-state index in [2.05, 4.69) is 0 Å². The minimum Gasteiger partial charge on any atom is -0.425 e. The third kappa shape index (κ3) is 1.52. The molecule has 0 amide bonds. The molecule has 0 N–H and O–H groups in total. The van der Waals surface area contributed by atoms with Crippen LogP contribution in [0.5, 0.6) is 0 Å². The number of ether oxygens (including phenoxy) is 3. The molecule has 0 saturated carbocycles. The normalized spacial score (nSPS) is 22.6. The van der Waals surface area contributed by atoms with Gasteiger partial charge in [-0.25, -0.2) is 9.59 Å². The maximum atomic E-state index is 11.0. The topological polar surface area (TPSA) is 61.8 Å². The van der Waals surface area contributed by atoms with Crippen LogP contribution in [0.1, 0.15) is 0 Å². The van der Waals surface area contributed by atoms with Crippen LogP contribution < -0.4 is 0 Å². The van der Waals surface area contributed by atoms with Gasteiger partial charge in [-0.2, -0.15) is 0 Å². The second-order valence-corrected chi connectivity index (χ2v) is 2.58. The second kappa shape index (κ2) is 3.02. The van der Waals surface area contributed by atoms with Crippen molar-refractivity contribution in [1.29, 1.82) is 0 Å². The van der Waals surface area contributed by atoms with E-state index in [1.54, 1.807) is 12.2 Å². The molecule has 2 aliphatic heterocycles. The van der Waals surface area contributed by atoms with Gasteiger partial charge in [0.25, 0.3) is 0 Å². The Hall–Kier alpha value is -2.04. The Kier molecular flexibility index (Phi) is 1.85. The van der Waals surface area contributed by atoms with Crippen LogP contribution in [0.4, 0.5) is 0 Å². The predicted octanol–water partition coefficient (Wildman–Crippen LogP) is 0.396. The molecular weight excluding hydrogens is 188 g/mol. The first kappa shape index (κ1) is 8.55. The van der Waals surface area contributed by atoms with E-state index in [4.69, 9.17) is 14.2 Å². The van der Waals surface area contributed by atoms with Gasteiger partial charge < -0.3 is 14.2 Å². The summed E-state index contributed by atoms with van der Waals surface area (Å²) in [7, 11) is 0. The van der Waals surface area contributed by atoms with Crippen LogP contribution in [0.15, 0.2) is 36.6 Å². The zero-order valence-electron chi connectivity index (χ0n) is 7.01. The molecule has 72 valence electrons. The Morgan fingerprint density at radius 2 is 1.64 bits per heavy atom. The highest BCUT2D eigenvalue weighted by atomic mass is 16.9. The van der Waals surface area contributed by atoms with Gasteiger partial charge in [0.2, 0.25) is 0 Å². The Bertz CT molecular complexity index is 343. The van der Waals surface area contributed by atoms with Gasteiger partial charge in [-0.15, -0.1) is 0 Å². The molecule has 1 spiro atoms. The average molecular weight is 194 g/mol. The maximum absolute atomic E-state index is 11.0. The van der Waals surface area contributed by atoms with E-state index >= 15 is 0 Å². The number of allylic oxidation sites excluding steroid dienone is 2. The number of carbonyl (C=O) groups excluding carboxylic acids is 2. The van der Waals surface area contributed by atoms with Gasteiger partial charge in [0.15, 0.2) is 0 Å². The first-order valence-electron chi connectivity index (χ1n) is 3.86. The molecule has 0 unspecified atom stereocenters. The highest BCUT2D eigenvalue weighted by molar-refractivity contribution is 5.93. The molecule has 14 heavy (non-hydrogen) atoms. The van der Waals surface area contributed by atoms with Crippen molar-refractivity contribution in [3.05, 3.63) is 36.6 Å². The maximum Gasteiger partial charge on any atom is 0.444 e. The van der Waals surface area contributed by atoms with Crippen molar-refractivity contribution in [3.63, 3.8) is 0 Å². The summed E-state index contributed by atoms with van der Waals surface area (Å²) >= 11 is 0. The van der Waals surface area contributed by atoms with Crippen LogP contribution in [-0.2, 0) is 23.8 Å². The van der Waals surface area contributed by atoms with Crippen LogP contribution in [0.2, 0.25) is 0 Å². The van der Waals surface area contributed by atoms with E-state index in [0.717, 1.165) is 12.2 Å². The fourth-order valence-electron chi connectivity index (χ4n) is 1.01. The fraction of sp³-hybridized carbons (Fsp3) is 0.111. The molecule has 0 aromatic carbocycles. The molecule has 0 fully saturated rings. The van der Waals surface area contributed by atoms with Crippen LogP contribution in [0, 0.1) is 0 Å². The molecule has 2 aliphatic rings. The van der Waals surface area contributed by atoms with E-state index < -0.39 is 17.9 Å². The van der Waals surface area contributed by atoms with Crippen LogP contribution >= 0.6 is 0 Å². The molecule has 0 aliphatic carbocycles. The van der Waals surface area contributed by atoms with Gasteiger partial charge in [-0.05, 0) is 6.08 Å². The largest absolute Gasteiger partial charge is 0.444 e. The summed E-state index contributed by atoms with van der Waals surface area (Å²) in [5.41, 5.74) is 0. The Morgan fingerprint density at radius 1 is 1.00 bits per heavy atom. The second-order valence-electron chi connectivity index (χ2n) is 2.58.